The Morgan fingerprint density at radius 1 is 1.38 bits per heavy atom. The van der Waals surface area contributed by atoms with Crippen molar-refractivity contribution in [2.45, 2.75) is 32.7 Å². The summed E-state index contributed by atoms with van der Waals surface area (Å²) in [6, 6.07) is 7.26. The minimum atomic E-state index is -0.106. The zero-order valence-corrected chi connectivity index (χ0v) is 12.8. The maximum Gasteiger partial charge on any atom is 0.229 e. The standard InChI is InChI=1S/C16H22N2O3/c1-11(2)8-15(19)17-12-9-16(20)18(10-12)13-4-6-14(21-3)7-5-13/h4-7,11-12H,8-10H2,1-3H3,(H,17,19)/t12-/m1/s1. The number of methoxy groups -OCH3 is 1. The number of nitrogens with zero attached hydrogens (tertiary/aromatic N) is 1. The number of ether oxygens (including phenoxy) is 1. The summed E-state index contributed by atoms with van der Waals surface area (Å²) in [6.07, 6.45) is 0.850. The summed E-state index contributed by atoms with van der Waals surface area (Å²) in [7, 11) is 1.61. The average Bonchev–Trinajstić information content (AvgIpc) is 2.78. The van der Waals surface area contributed by atoms with Crippen LogP contribution in [-0.4, -0.2) is 31.5 Å². The first-order valence-electron chi connectivity index (χ1n) is 7.23. The number of amides is 2. The molecule has 0 saturated carbocycles. The molecule has 1 saturated heterocycles. The third kappa shape index (κ3) is 3.97. The molecule has 0 unspecified atom stereocenters. The van der Waals surface area contributed by atoms with E-state index in [1.807, 2.05) is 38.1 Å². The van der Waals surface area contributed by atoms with Gasteiger partial charge in [0.15, 0.2) is 0 Å². The lowest BCUT2D eigenvalue weighted by Gasteiger charge is -2.18. The van der Waals surface area contributed by atoms with Crippen molar-refractivity contribution in [3.63, 3.8) is 0 Å². The Hall–Kier alpha value is -2.04. The zero-order valence-electron chi connectivity index (χ0n) is 12.8. The Balaban J connectivity index is 1.97. The van der Waals surface area contributed by atoms with E-state index in [0.717, 1.165) is 11.4 Å². The smallest absolute Gasteiger partial charge is 0.229 e. The molecular formula is C16H22N2O3. The maximum atomic E-state index is 12.1. The second kappa shape index (κ2) is 6.61. The van der Waals surface area contributed by atoms with E-state index in [0.29, 0.717) is 25.3 Å². The molecule has 1 heterocycles. The molecule has 0 aromatic heterocycles. The molecule has 1 aromatic rings. The number of carbonyl (C=O) groups is 2. The quantitative estimate of drug-likeness (QED) is 0.902. The number of nitrogens with one attached hydrogen (secondary N) is 1. The van der Waals surface area contributed by atoms with Crippen molar-refractivity contribution < 1.29 is 14.3 Å². The molecule has 1 aliphatic heterocycles. The summed E-state index contributed by atoms with van der Waals surface area (Å²) >= 11 is 0. The number of carbonyl (C=O) groups excluding carboxylic acids is 2. The first kappa shape index (κ1) is 15.4. The predicted octanol–water partition coefficient (Wildman–Crippen LogP) is 1.96. The van der Waals surface area contributed by atoms with Gasteiger partial charge >= 0.3 is 0 Å². The molecule has 1 aromatic carbocycles. The predicted molar refractivity (Wildman–Crippen MR) is 81.3 cm³/mol. The normalized spacial score (nSPS) is 18.2. The van der Waals surface area contributed by atoms with Crippen LogP contribution in [0.1, 0.15) is 26.7 Å². The highest BCUT2D eigenvalue weighted by Crippen LogP contribution is 2.24. The van der Waals surface area contributed by atoms with Gasteiger partial charge in [-0.2, -0.15) is 0 Å². The van der Waals surface area contributed by atoms with Crippen LogP contribution < -0.4 is 15.0 Å². The van der Waals surface area contributed by atoms with Gasteiger partial charge in [0.25, 0.3) is 0 Å². The van der Waals surface area contributed by atoms with Gasteiger partial charge in [0.2, 0.25) is 11.8 Å². The number of hydrogen-bond acceptors (Lipinski definition) is 3. The van der Waals surface area contributed by atoms with Crippen LogP contribution in [-0.2, 0) is 9.59 Å². The number of rotatable bonds is 5. The molecule has 1 aliphatic rings. The summed E-state index contributed by atoms with van der Waals surface area (Å²) in [5.74, 6) is 1.13. The van der Waals surface area contributed by atoms with E-state index in [9.17, 15) is 9.59 Å². The van der Waals surface area contributed by atoms with E-state index >= 15 is 0 Å². The first-order valence-corrected chi connectivity index (χ1v) is 7.23. The Kier molecular flexibility index (Phi) is 4.83. The lowest BCUT2D eigenvalue weighted by atomic mass is 10.1. The molecule has 0 spiro atoms. The van der Waals surface area contributed by atoms with E-state index in [1.165, 1.54) is 0 Å². The monoisotopic (exact) mass is 290 g/mol. The van der Waals surface area contributed by atoms with Gasteiger partial charge in [-0.3, -0.25) is 9.59 Å². The Bertz CT molecular complexity index is 511. The van der Waals surface area contributed by atoms with Crippen molar-refractivity contribution in [1.82, 2.24) is 5.32 Å². The van der Waals surface area contributed by atoms with Gasteiger partial charge in [0, 0.05) is 25.1 Å². The van der Waals surface area contributed by atoms with Crippen LogP contribution in [0.3, 0.4) is 0 Å². The van der Waals surface area contributed by atoms with Gasteiger partial charge in [-0.1, -0.05) is 13.8 Å². The molecule has 1 atom stereocenters. The Labute approximate surface area is 125 Å². The van der Waals surface area contributed by atoms with Gasteiger partial charge in [-0.25, -0.2) is 0 Å². The fourth-order valence-corrected chi connectivity index (χ4v) is 2.47. The minimum absolute atomic E-state index is 0.0133. The topological polar surface area (TPSA) is 58.6 Å². The van der Waals surface area contributed by atoms with Crippen molar-refractivity contribution in [2.24, 2.45) is 5.92 Å². The van der Waals surface area contributed by atoms with Crippen molar-refractivity contribution in [2.75, 3.05) is 18.6 Å². The van der Waals surface area contributed by atoms with Gasteiger partial charge < -0.3 is 15.0 Å². The highest BCUT2D eigenvalue weighted by molar-refractivity contribution is 5.96. The lowest BCUT2D eigenvalue weighted by Crippen LogP contribution is -2.37. The molecule has 1 fully saturated rings. The van der Waals surface area contributed by atoms with E-state index in [-0.39, 0.29) is 17.9 Å². The van der Waals surface area contributed by atoms with E-state index < -0.39 is 0 Å². The fraction of sp³-hybridized carbons (Fsp3) is 0.500. The van der Waals surface area contributed by atoms with Gasteiger partial charge in [0.1, 0.15) is 5.75 Å². The number of hydrogen-bond donors (Lipinski definition) is 1. The number of anilines is 1. The van der Waals surface area contributed by atoms with Crippen molar-refractivity contribution in [1.29, 1.82) is 0 Å². The molecule has 0 bridgehead atoms. The first-order chi connectivity index (χ1) is 9.99. The van der Waals surface area contributed by atoms with Crippen LogP contribution in [0.25, 0.3) is 0 Å². The lowest BCUT2D eigenvalue weighted by molar-refractivity contribution is -0.122. The average molecular weight is 290 g/mol. The van der Waals surface area contributed by atoms with Crippen LogP contribution in [0.5, 0.6) is 5.75 Å². The van der Waals surface area contributed by atoms with E-state index in [1.54, 1.807) is 12.0 Å². The van der Waals surface area contributed by atoms with Crippen molar-refractivity contribution >= 4 is 17.5 Å². The summed E-state index contributed by atoms with van der Waals surface area (Å²) in [5, 5.41) is 2.94. The Morgan fingerprint density at radius 3 is 2.62 bits per heavy atom. The fourth-order valence-electron chi connectivity index (χ4n) is 2.47. The maximum absolute atomic E-state index is 12.1. The second-order valence-electron chi connectivity index (χ2n) is 5.77. The molecule has 21 heavy (non-hydrogen) atoms. The van der Waals surface area contributed by atoms with Crippen LogP contribution in [0.4, 0.5) is 5.69 Å². The van der Waals surface area contributed by atoms with Crippen molar-refractivity contribution in [3.05, 3.63) is 24.3 Å². The van der Waals surface area contributed by atoms with Crippen LogP contribution in [0.2, 0.25) is 0 Å². The van der Waals surface area contributed by atoms with Crippen LogP contribution in [0, 0.1) is 5.92 Å². The molecule has 5 heteroatoms. The third-order valence-electron chi connectivity index (χ3n) is 3.47. The molecular weight excluding hydrogens is 268 g/mol. The van der Waals surface area contributed by atoms with E-state index in [4.69, 9.17) is 4.74 Å². The number of benzene rings is 1. The molecule has 0 radical (unpaired) electrons. The third-order valence-corrected chi connectivity index (χ3v) is 3.47. The van der Waals surface area contributed by atoms with Crippen molar-refractivity contribution in [3.8, 4) is 5.75 Å². The molecule has 2 amide bonds. The highest BCUT2D eigenvalue weighted by atomic mass is 16.5. The summed E-state index contributed by atoms with van der Waals surface area (Å²) in [6.45, 7) is 4.53. The molecule has 1 N–H and O–H groups in total. The molecule has 114 valence electrons. The largest absolute Gasteiger partial charge is 0.497 e. The summed E-state index contributed by atoms with van der Waals surface area (Å²) < 4.78 is 5.11. The van der Waals surface area contributed by atoms with Crippen LogP contribution in [0.15, 0.2) is 24.3 Å². The SMILES string of the molecule is COc1ccc(N2C[C@H](NC(=O)CC(C)C)CC2=O)cc1. The minimum Gasteiger partial charge on any atom is -0.497 e. The molecule has 5 nitrogen and oxygen atoms in total. The zero-order chi connectivity index (χ0) is 15.4. The summed E-state index contributed by atoms with van der Waals surface area (Å²) in [5.41, 5.74) is 0.835. The highest BCUT2D eigenvalue weighted by Gasteiger charge is 2.31. The molecule has 2 rings (SSSR count). The van der Waals surface area contributed by atoms with Gasteiger partial charge in [-0.05, 0) is 30.2 Å². The second-order valence-corrected chi connectivity index (χ2v) is 5.77. The van der Waals surface area contributed by atoms with Gasteiger partial charge in [0.05, 0.1) is 13.2 Å². The van der Waals surface area contributed by atoms with E-state index in [2.05, 4.69) is 5.32 Å². The van der Waals surface area contributed by atoms with Crippen LogP contribution >= 0.6 is 0 Å². The Morgan fingerprint density at radius 2 is 2.05 bits per heavy atom. The van der Waals surface area contributed by atoms with Gasteiger partial charge in [-0.15, -0.1) is 0 Å². The molecule has 0 aliphatic carbocycles. The summed E-state index contributed by atoms with van der Waals surface area (Å²) in [4.78, 5) is 25.6.